The van der Waals surface area contributed by atoms with Crippen LogP contribution in [0.5, 0.6) is 0 Å². The Kier molecular flexibility index (Phi) is 5.69. The predicted octanol–water partition coefficient (Wildman–Crippen LogP) is 3.49. The van der Waals surface area contributed by atoms with Crippen molar-refractivity contribution in [2.45, 2.75) is 17.7 Å². The van der Waals surface area contributed by atoms with Gasteiger partial charge in [-0.15, -0.1) is 0 Å². The van der Waals surface area contributed by atoms with Crippen molar-refractivity contribution in [3.05, 3.63) is 58.1 Å². The van der Waals surface area contributed by atoms with Crippen LogP contribution in [-0.4, -0.2) is 15.0 Å². The number of anilines is 1. The van der Waals surface area contributed by atoms with E-state index < -0.39 is 10.0 Å². The number of halogens is 2. The largest absolute Gasteiger partial charge is 0.398 e. The Morgan fingerprint density at radius 2 is 1.77 bits per heavy atom. The molecule has 0 aliphatic carbocycles. The van der Waals surface area contributed by atoms with Crippen molar-refractivity contribution in [3.63, 3.8) is 0 Å². The van der Waals surface area contributed by atoms with Gasteiger partial charge in [-0.2, -0.15) is 0 Å². The number of sulfonamides is 1. The maximum Gasteiger partial charge on any atom is 0.244 e. The molecule has 0 atom stereocenters. The minimum atomic E-state index is -3.76. The lowest BCUT2D eigenvalue weighted by atomic mass is 10.1. The van der Waals surface area contributed by atoms with Gasteiger partial charge in [0.1, 0.15) is 4.90 Å². The fourth-order valence-corrected chi connectivity index (χ4v) is 4.14. The summed E-state index contributed by atoms with van der Waals surface area (Å²) in [5.41, 5.74) is 6.91. The fourth-order valence-electron chi connectivity index (χ4n) is 2.08. The molecule has 2 rings (SSSR count). The first-order valence-corrected chi connectivity index (χ1v) is 8.92. The van der Waals surface area contributed by atoms with Gasteiger partial charge >= 0.3 is 0 Å². The summed E-state index contributed by atoms with van der Waals surface area (Å²) >= 11 is 11.7. The third-order valence-corrected chi connectivity index (χ3v) is 5.29. The molecule has 7 heteroatoms. The number of nitrogens with one attached hydrogen (secondary N) is 1. The molecule has 2 aromatic rings. The van der Waals surface area contributed by atoms with Gasteiger partial charge in [-0.3, -0.25) is 0 Å². The second kappa shape index (κ2) is 7.33. The van der Waals surface area contributed by atoms with Crippen LogP contribution in [0.2, 0.25) is 10.0 Å². The molecule has 22 heavy (non-hydrogen) atoms. The van der Waals surface area contributed by atoms with Gasteiger partial charge in [0.05, 0.1) is 10.7 Å². The summed E-state index contributed by atoms with van der Waals surface area (Å²) in [6.07, 6.45) is 1.46. The van der Waals surface area contributed by atoms with E-state index in [9.17, 15) is 8.42 Å². The van der Waals surface area contributed by atoms with Gasteiger partial charge in [-0.05, 0) is 30.5 Å². The highest BCUT2D eigenvalue weighted by Crippen LogP contribution is 2.30. The lowest BCUT2D eigenvalue weighted by molar-refractivity contribution is 0.579. The molecule has 0 radical (unpaired) electrons. The second-order valence-electron chi connectivity index (χ2n) is 4.79. The Hall–Kier alpha value is -1.27. The number of hydrogen-bond donors (Lipinski definition) is 2. The highest BCUT2D eigenvalue weighted by molar-refractivity contribution is 7.89. The predicted molar refractivity (Wildman–Crippen MR) is 90.8 cm³/mol. The number of rotatable bonds is 6. The van der Waals surface area contributed by atoms with E-state index in [1.165, 1.54) is 12.1 Å². The summed E-state index contributed by atoms with van der Waals surface area (Å²) in [5.74, 6) is 0. The maximum absolute atomic E-state index is 12.3. The minimum Gasteiger partial charge on any atom is -0.398 e. The van der Waals surface area contributed by atoms with Gasteiger partial charge in [0, 0.05) is 11.6 Å². The normalized spacial score (nSPS) is 11.5. The van der Waals surface area contributed by atoms with Crippen LogP contribution in [0.25, 0.3) is 0 Å². The lowest BCUT2D eigenvalue weighted by Gasteiger charge is -2.11. The van der Waals surface area contributed by atoms with Crippen LogP contribution in [0.4, 0.5) is 5.69 Å². The molecular formula is C15H16Cl2N2O2S. The number of hydrogen-bond acceptors (Lipinski definition) is 3. The minimum absolute atomic E-state index is 0.0144. The smallest absolute Gasteiger partial charge is 0.244 e. The van der Waals surface area contributed by atoms with Gasteiger partial charge < -0.3 is 5.73 Å². The lowest BCUT2D eigenvalue weighted by Crippen LogP contribution is -2.26. The zero-order valence-corrected chi connectivity index (χ0v) is 14.0. The number of nitrogens with two attached hydrogens (primary N) is 1. The number of benzene rings is 2. The highest BCUT2D eigenvalue weighted by atomic mass is 35.5. The van der Waals surface area contributed by atoms with Gasteiger partial charge in [-0.25, -0.2) is 13.1 Å². The summed E-state index contributed by atoms with van der Waals surface area (Å²) in [6.45, 7) is 0.301. The van der Waals surface area contributed by atoms with E-state index in [4.69, 9.17) is 28.9 Å². The molecule has 0 saturated heterocycles. The van der Waals surface area contributed by atoms with Gasteiger partial charge in [-0.1, -0.05) is 53.5 Å². The maximum atomic E-state index is 12.3. The van der Waals surface area contributed by atoms with Crippen LogP contribution in [0.3, 0.4) is 0 Å². The van der Waals surface area contributed by atoms with Crippen molar-refractivity contribution in [3.8, 4) is 0 Å². The Balaban J connectivity index is 2.00. The average molecular weight is 359 g/mol. The zero-order chi connectivity index (χ0) is 16.2. The fraction of sp³-hybridized carbons (Fsp3) is 0.200. The van der Waals surface area contributed by atoms with E-state index >= 15 is 0 Å². The first kappa shape index (κ1) is 17.1. The van der Waals surface area contributed by atoms with Crippen LogP contribution in [0.15, 0.2) is 47.4 Å². The highest BCUT2D eigenvalue weighted by Gasteiger charge is 2.21. The molecule has 3 N–H and O–H groups in total. The van der Waals surface area contributed by atoms with Gasteiger partial charge in [0.15, 0.2) is 0 Å². The molecule has 0 spiro atoms. The van der Waals surface area contributed by atoms with Crippen molar-refractivity contribution >= 4 is 38.9 Å². The molecule has 0 fully saturated rings. The third kappa shape index (κ3) is 4.36. The van der Waals surface area contributed by atoms with Crippen LogP contribution in [0, 0.1) is 0 Å². The number of nitrogen functional groups attached to an aromatic ring is 1. The van der Waals surface area contributed by atoms with Crippen LogP contribution < -0.4 is 10.5 Å². The molecule has 0 amide bonds. The first-order valence-electron chi connectivity index (χ1n) is 6.68. The molecule has 4 nitrogen and oxygen atoms in total. The second-order valence-corrected chi connectivity index (χ2v) is 7.34. The van der Waals surface area contributed by atoms with Crippen molar-refractivity contribution in [1.82, 2.24) is 4.72 Å². The molecule has 0 unspecified atom stereocenters. The van der Waals surface area contributed by atoms with Crippen molar-refractivity contribution < 1.29 is 8.42 Å². The zero-order valence-electron chi connectivity index (χ0n) is 11.7. The molecule has 0 aromatic heterocycles. The Labute approximate surface area is 140 Å². The van der Waals surface area contributed by atoms with Gasteiger partial charge in [0.25, 0.3) is 0 Å². The molecule has 0 aliphatic rings. The van der Waals surface area contributed by atoms with Crippen molar-refractivity contribution in [2.75, 3.05) is 12.3 Å². The molecule has 0 saturated carbocycles. The third-order valence-electron chi connectivity index (χ3n) is 3.08. The topological polar surface area (TPSA) is 72.2 Å². The molecular weight excluding hydrogens is 343 g/mol. The van der Waals surface area contributed by atoms with E-state index in [2.05, 4.69) is 4.72 Å². The van der Waals surface area contributed by atoms with E-state index in [0.29, 0.717) is 18.0 Å². The Bertz CT molecular complexity index is 726. The molecule has 2 aromatic carbocycles. The summed E-state index contributed by atoms with van der Waals surface area (Å²) in [4.78, 5) is -0.127. The van der Waals surface area contributed by atoms with Crippen molar-refractivity contribution in [2.24, 2.45) is 0 Å². The summed E-state index contributed by atoms with van der Waals surface area (Å²) in [5, 5.41) is 0.311. The standard InChI is InChI=1S/C15H16Cl2N2O2S/c16-12-9-13(17)15(14(18)10-12)22(20,21)19-8-4-7-11-5-2-1-3-6-11/h1-3,5-6,9-10,19H,4,7-8,18H2. The monoisotopic (exact) mass is 358 g/mol. The molecule has 118 valence electrons. The van der Waals surface area contributed by atoms with E-state index in [1.807, 2.05) is 30.3 Å². The molecule has 0 heterocycles. The number of aryl methyl sites for hydroxylation is 1. The molecule has 0 aliphatic heterocycles. The van der Waals surface area contributed by atoms with Crippen LogP contribution >= 0.6 is 23.2 Å². The summed E-state index contributed by atoms with van der Waals surface area (Å²) < 4.78 is 27.1. The van der Waals surface area contributed by atoms with E-state index in [1.54, 1.807) is 0 Å². The Morgan fingerprint density at radius 1 is 1.09 bits per heavy atom. The van der Waals surface area contributed by atoms with Crippen LogP contribution in [0.1, 0.15) is 12.0 Å². The summed E-state index contributed by atoms with van der Waals surface area (Å²) in [6, 6.07) is 12.6. The van der Waals surface area contributed by atoms with Crippen LogP contribution in [-0.2, 0) is 16.4 Å². The molecule has 0 bridgehead atoms. The van der Waals surface area contributed by atoms with Crippen molar-refractivity contribution in [1.29, 1.82) is 0 Å². The SMILES string of the molecule is Nc1cc(Cl)cc(Cl)c1S(=O)(=O)NCCCc1ccccc1. The van der Waals surface area contributed by atoms with E-state index in [0.717, 1.165) is 12.0 Å². The first-order chi connectivity index (χ1) is 10.4. The Morgan fingerprint density at radius 3 is 2.41 bits per heavy atom. The van der Waals surface area contributed by atoms with Gasteiger partial charge in [0.2, 0.25) is 10.0 Å². The quantitative estimate of drug-likeness (QED) is 0.613. The summed E-state index contributed by atoms with van der Waals surface area (Å²) in [7, 11) is -3.76. The average Bonchev–Trinajstić information content (AvgIpc) is 2.43. The van der Waals surface area contributed by atoms with E-state index in [-0.39, 0.29) is 15.6 Å².